The Hall–Kier alpha value is -3.19. The summed E-state index contributed by atoms with van der Waals surface area (Å²) in [6.07, 6.45) is 1.76. The van der Waals surface area contributed by atoms with Crippen molar-refractivity contribution in [2.75, 3.05) is 14.2 Å². The fourth-order valence-electron chi connectivity index (χ4n) is 4.04. The van der Waals surface area contributed by atoms with Gasteiger partial charge in [-0.2, -0.15) is 0 Å². The van der Waals surface area contributed by atoms with Gasteiger partial charge in [0.2, 0.25) is 5.91 Å². The number of hydrogen-bond acceptors (Lipinski definition) is 5. The van der Waals surface area contributed by atoms with Gasteiger partial charge in [-0.15, -0.1) is 0 Å². The molecule has 0 spiro atoms. The molecule has 0 aliphatic rings. The fraction of sp³-hybridized carbons (Fsp3) is 0.407. The molecule has 1 N–H and O–H groups in total. The van der Waals surface area contributed by atoms with Crippen LogP contribution in [0.5, 0.6) is 17.2 Å². The zero-order valence-corrected chi connectivity index (χ0v) is 21.7. The molecule has 1 aromatic heterocycles. The molecule has 2 aromatic carbocycles. The first-order valence-corrected chi connectivity index (χ1v) is 12.0. The number of methoxy groups -OCH3 is 2. The number of halogens is 1. The van der Waals surface area contributed by atoms with E-state index in [1.54, 1.807) is 26.4 Å². The summed E-state index contributed by atoms with van der Waals surface area (Å²) in [5.74, 6) is 2.14. The first kappa shape index (κ1) is 26.4. The maximum absolute atomic E-state index is 12.5. The zero-order chi connectivity index (χ0) is 25.5. The summed E-state index contributed by atoms with van der Waals surface area (Å²) in [6, 6.07) is 11.0. The minimum atomic E-state index is -0.150. The predicted molar refractivity (Wildman–Crippen MR) is 136 cm³/mol. The summed E-state index contributed by atoms with van der Waals surface area (Å²) in [7, 11) is 3.14. The van der Waals surface area contributed by atoms with Gasteiger partial charge in [-0.25, -0.2) is 10.3 Å². The number of nitrogens with zero attached hydrogens (tertiary/aromatic N) is 3. The minimum Gasteiger partial charge on any atom is -0.508 e. The SMILES string of the molecule is COc1ccc(CC(C)CCC(=O)[N]Cc2nc(C)c(C)n2Cc2ccccc2O)c(Cl)c1OC. The van der Waals surface area contributed by atoms with E-state index < -0.39 is 0 Å². The maximum Gasteiger partial charge on any atom is 0.241 e. The Bertz CT molecular complexity index is 1180. The molecule has 1 radical (unpaired) electrons. The van der Waals surface area contributed by atoms with E-state index in [1.807, 2.05) is 42.7 Å². The highest BCUT2D eigenvalue weighted by atomic mass is 35.5. The van der Waals surface area contributed by atoms with Crippen LogP contribution in [0, 0.1) is 19.8 Å². The highest BCUT2D eigenvalue weighted by Crippen LogP contribution is 2.38. The molecule has 35 heavy (non-hydrogen) atoms. The molecule has 0 aliphatic heterocycles. The number of phenols is 1. The van der Waals surface area contributed by atoms with Crippen LogP contribution in [0.25, 0.3) is 0 Å². The van der Waals surface area contributed by atoms with Gasteiger partial charge in [0, 0.05) is 17.7 Å². The zero-order valence-electron chi connectivity index (χ0n) is 21.0. The van der Waals surface area contributed by atoms with Crippen molar-refractivity contribution in [2.24, 2.45) is 5.92 Å². The van der Waals surface area contributed by atoms with Crippen molar-refractivity contribution >= 4 is 17.5 Å². The van der Waals surface area contributed by atoms with E-state index in [0.29, 0.717) is 41.7 Å². The molecule has 0 saturated heterocycles. The Kier molecular flexibility index (Phi) is 9.04. The van der Waals surface area contributed by atoms with Crippen molar-refractivity contribution in [1.29, 1.82) is 0 Å². The third-order valence-electron chi connectivity index (χ3n) is 6.24. The largest absolute Gasteiger partial charge is 0.508 e. The summed E-state index contributed by atoms with van der Waals surface area (Å²) in [6.45, 7) is 6.68. The van der Waals surface area contributed by atoms with Gasteiger partial charge in [-0.3, -0.25) is 4.79 Å². The summed E-state index contributed by atoms with van der Waals surface area (Å²) in [5.41, 5.74) is 3.63. The molecule has 0 aliphatic carbocycles. The Balaban J connectivity index is 1.56. The van der Waals surface area contributed by atoms with Crippen LogP contribution >= 0.6 is 11.6 Å². The molecular weight excluding hydrogens is 466 g/mol. The lowest BCUT2D eigenvalue weighted by Gasteiger charge is -2.16. The first-order valence-electron chi connectivity index (χ1n) is 11.6. The van der Waals surface area contributed by atoms with Gasteiger partial charge >= 0.3 is 0 Å². The van der Waals surface area contributed by atoms with Crippen molar-refractivity contribution in [3.05, 3.63) is 69.8 Å². The second-order valence-corrected chi connectivity index (χ2v) is 9.12. The highest BCUT2D eigenvalue weighted by molar-refractivity contribution is 6.33. The lowest BCUT2D eigenvalue weighted by atomic mass is 9.96. The number of ether oxygens (including phenoxy) is 2. The third kappa shape index (κ3) is 6.48. The summed E-state index contributed by atoms with van der Waals surface area (Å²) >= 11 is 6.50. The second-order valence-electron chi connectivity index (χ2n) is 8.75. The van der Waals surface area contributed by atoms with Crippen LogP contribution in [-0.4, -0.2) is 34.8 Å². The van der Waals surface area contributed by atoms with E-state index >= 15 is 0 Å². The predicted octanol–water partition coefficient (Wildman–Crippen LogP) is 5.21. The Morgan fingerprint density at radius 3 is 2.57 bits per heavy atom. The van der Waals surface area contributed by atoms with Crippen LogP contribution in [0.15, 0.2) is 36.4 Å². The van der Waals surface area contributed by atoms with Gasteiger partial charge in [-0.1, -0.05) is 42.8 Å². The molecule has 0 bridgehead atoms. The molecule has 7 nitrogen and oxygen atoms in total. The number of imidazole rings is 1. The minimum absolute atomic E-state index is 0.150. The Morgan fingerprint density at radius 1 is 1.14 bits per heavy atom. The number of aromatic hydroxyl groups is 1. The first-order chi connectivity index (χ1) is 16.7. The molecule has 1 atom stereocenters. The van der Waals surface area contributed by atoms with Gasteiger partial charge in [0.25, 0.3) is 0 Å². The Labute approximate surface area is 212 Å². The van der Waals surface area contributed by atoms with Crippen molar-refractivity contribution in [2.45, 2.75) is 53.1 Å². The Morgan fingerprint density at radius 2 is 1.89 bits per heavy atom. The second kappa shape index (κ2) is 12.0. The van der Waals surface area contributed by atoms with Gasteiger partial charge in [0.1, 0.15) is 18.1 Å². The van der Waals surface area contributed by atoms with Gasteiger partial charge in [-0.05, 0) is 50.3 Å². The number of aromatic nitrogens is 2. The standard InChI is InChI=1S/C27H33ClN3O4/c1-17(14-20-11-12-23(34-4)27(35-5)26(20)28)10-13-25(33)29-15-24-30-18(2)19(3)31(24)16-21-8-6-7-9-22(21)32/h6-9,11-12,17,32H,10,13-16H2,1-5H3. The number of hydrogen-bond donors (Lipinski definition) is 1. The monoisotopic (exact) mass is 498 g/mol. The van der Waals surface area contributed by atoms with Gasteiger partial charge in [0.05, 0.1) is 31.5 Å². The van der Waals surface area contributed by atoms with E-state index in [2.05, 4.69) is 17.2 Å². The average Bonchev–Trinajstić information content (AvgIpc) is 3.11. The van der Waals surface area contributed by atoms with E-state index in [4.69, 9.17) is 21.1 Å². The van der Waals surface area contributed by atoms with Crippen molar-refractivity contribution in [3.8, 4) is 17.2 Å². The molecule has 187 valence electrons. The van der Waals surface area contributed by atoms with Crippen molar-refractivity contribution in [3.63, 3.8) is 0 Å². The van der Waals surface area contributed by atoms with Crippen LogP contribution in [0.2, 0.25) is 5.02 Å². The molecular formula is C27H33ClN3O4. The lowest BCUT2D eigenvalue weighted by Crippen LogP contribution is -2.19. The molecule has 1 amide bonds. The van der Waals surface area contributed by atoms with E-state index in [0.717, 1.165) is 28.9 Å². The smallest absolute Gasteiger partial charge is 0.241 e. The van der Waals surface area contributed by atoms with E-state index in [1.165, 1.54) is 0 Å². The number of benzene rings is 2. The van der Waals surface area contributed by atoms with Crippen molar-refractivity contribution in [1.82, 2.24) is 14.9 Å². The number of carbonyl (C=O) groups excluding carboxylic acids is 1. The number of phenolic OH excluding ortho intramolecular Hbond substituents is 1. The molecule has 3 aromatic rings. The van der Waals surface area contributed by atoms with Crippen LogP contribution < -0.4 is 14.8 Å². The van der Waals surface area contributed by atoms with Gasteiger partial charge in [0.15, 0.2) is 11.5 Å². The molecule has 1 unspecified atom stereocenters. The number of rotatable bonds is 11. The number of amides is 1. The average molecular weight is 499 g/mol. The maximum atomic E-state index is 12.5. The third-order valence-corrected chi connectivity index (χ3v) is 6.65. The highest BCUT2D eigenvalue weighted by Gasteiger charge is 2.18. The summed E-state index contributed by atoms with van der Waals surface area (Å²) in [4.78, 5) is 17.1. The number of carbonyl (C=O) groups is 1. The topological polar surface area (TPSA) is 87.7 Å². The number of para-hydroxylation sites is 1. The van der Waals surface area contributed by atoms with Crippen LogP contribution in [0.1, 0.15) is 48.1 Å². The molecule has 0 fully saturated rings. The molecule has 1 heterocycles. The normalized spacial score (nSPS) is 11.8. The lowest BCUT2D eigenvalue weighted by molar-refractivity contribution is -0.121. The van der Waals surface area contributed by atoms with Crippen molar-refractivity contribution < 1.29 is 19.4 Å². The van der Waals surface area contributed by atoms with Crippen LogP contribution in [0.4, 0.5) is 0 Å². The molecule has 3 rings (SSSR count). The fourth-order valence-corrected chi connectivity index (χ4v) is 4.35. The number of aryl methyl sites for hydroxylation is 1. The van der Waals surface area contributed by atoms with E-state index in [9.17, 15) is 9.90 Å². The quantitative estimate of drug-likeness (QED) is 0.392. The molecule has 8 heteroatoms. The van der Waals surface area contributed by atoms with Gasteiger partial charge < -0.3 is 19.1 Å². The van der Waals surface area contributed by atoms with E-state index in [-0.39, 0.29) is 24.1 Å². The van der Waals surface area contributed by atoms with Crippen LogP contribution in [0.3, 0.4) is 0 Å². The summed E-state index contributed by atoms with van der Waals surface area (Å²) < 4.78 is 12.7. The summed E-state index contributed by atoms with van der Waals surface area (Å²) in [5, 5.41) is 15.0. The van der Waals surface area contributed by atoms with Crippen LogP contribution in [-0.2, 0) is 24.3 Å². The molecule has 0 saturated carbocycles.